The molecule has 0 saturated carbocycles. The van der Waals surface area contributed by atoms with Crippen LogP contribution in [0.2, 0.25) is 0 Å². The van der Waals surface area contributed by atoms with Crippen LogP contribution in [0.1, 0.15) is 42.4 Å². The Morgan fingerprint density at radius 3 is 2.50 bits per heavy atom. The molecule has 1 unspecified atom stereocenters. The number of carbonyl (C=O) groups is 1. The second-order valence-electron chi connectivity index (χ2n) is 7.37. The van der Waals surface area contributed by atoms with Crippen LogP contribution in [0.3, 0.4) is 0 Å². The van der Waals surface area contributed by atoms with Crippen LogP contribution in [0.5, 0.6) is 0 Å². The van der Waals surface area contributed by atoms with Gasteiger partial charge in [0.25, 0.3) is 0 Å². The van der Waals surface area contributed by atoms with Crippen molar-refractivity contribution in [2.24, 2.45) is 11.8 Å². The molecular formula is C21H30N2O. The van der Waals surface area contributed by atoms with Crippen molar-refractivity contribution in [2.75, 3.05) is 26.2 Å². The molecule has 0 aliphatic carbocycles. The van der Waals surface area contributed by atoms with Gasteiger partial charge in [-0.05, 0) is 68.7 Å². The molecule has 24 heavy (non-hydrogen) atoms. The number of carbonyl (C=O) groups excluding carboxylic acids is 1. The fourth-order valence-electron chi connectivity index (χ4n) is 3.96. The van der Waals surface area contributed by atoms with E-state index in [1.165, 1.54) is 16.7 Å². The molecule has 0 radical (unpaired) electrons. The average molecular weight is 326 g/mol. The van der Waals surface area contributed by atoms with Gasteiger partial charge in [-0.2, -0.15) is 0 Å². The molecule has 2 saturated heterocycles. The largest absolute Gasteiger partial charge is 0.342 e. The first-order valence-electron chi connectivity index (χ1n) is 9.39. The van der Waals surface area contributed by atoms with Crippen molar-refractivity contribution in [2.45, 2.75) is 39.5 Å². The normalized spacial score (nSPS) is 22.9. The zero-order chi connectivity index (χ0) is 16.9. The number of hydrogen-bond donors (Lipinski definition) is 1. The van der Waals surface area contributed by atoms with Gasteiger partial charge in [-0.15, -0.1) is 0 Å². The fraction of sp³-hybridized carbons (Fsp3) is 0.571. The average Bonchev–Trinajstić information content (AvgIpc) is 2.62. The number of benzene rings is 1. The Kier molecular flexibility index (Phi) is 5.72. The summed E-state index contributed by atoms with van der Waals surface area (Å²) in [6.07, 6.45) is 9.02. The standard InChI is InChI=1S/C21H30N2O/c1-16-5-3-6-17(2)20(16)9-8-18-10-13-23(14-11-18)21(24)19-7-4-12-22-15-19/h3,5-6,8-9,18-19,22H,4,7,10-15H2,1-2H3/b9-8+. The van der Waals surface area contributed by atoms with Gasteiger partial charge >= 0.3 is 0 Å². The lowest BCUT2D eigenvalue weighted by molar-refractivity contribution is -0.137. The lowest BCUT2D eigenvalue weighted by atomic mass is 9.92. The van der Waals surface area contributed by atoms with E-state index in [4.69, 9.17) is 0 Å². The van der Waals surface area contributed by atoms with Gasteiger partial charge in [0.15, 0.2) is 0 Å². The molecule has 2 heterocycles. The Morgan fingerprint density at radius 2 is 1.88 bits per heavy atom. The van der Waals surface area contributed by atoms with Gasteiger partial charge in [0.1, 0.15) is 0 Å². The first-order chi connectivity index (χ1) is 11.6. The minimum absolute atomic E-state index is 0.209. The summed E-state index contributed by atoms with van der Waals surface area (Å²) in [5.41, 5.74) is 4.02. The Balaban J connectivity index is 1.53. The maximum Gasteiger partial charge on any atom is 0.226 e. The Morgan fingerprint density at radius 1 is 1.17 bits per heavy atom. The highest BCUT2D eigenvalue weighted by atomic mass is 16.2. The van der Waals surface area contributed by atoms with Crippen LogP contribution in [0.4, 0.5) is 0 Å². The van der Waals surface area contributed by atoms with E-state index in [1.54, 1.807) is 0 Å². The molecule has 2 aliphatic rings. The third-order valence-electron chi connectivity index (χ3n) is 5.57. The van der Waals surface area contributed by atoms with Crippen LogP contribution in [0.25, 0.3) is 6.08 Å². The summed E-state index contributed by atoms with van der Waals surface area (Å²) in [4.78, 5) is 14.7. The fourth-order valence-corrected chi connectivity index (χ4v) is 3.96. The van der Waals surface area contributed by atoms with Crippen LogP contribution < -0.4 is 5.32 Å². The number of hydrogen-bond acceptors (Lipinski definition) is 2. The van der Waals surface area contributed by atoms with Crippen LogP contribution >= 0.6 is 0 Å². The predicted octanol–water partition coefficient (Wildman–Crippen LogP) is 3.55. The van der Waals surface area contributed by atoms with Crippen molar-refractivity contribution >= 4 is 12.0 Å². The van der Waals surface area contributed by atoms with Crippen LogP contribution in [-0.2, 0) is 4.79 Å². The first-order valence-corrected chi connectivity index (χ1v) is 9.39. The van der Waals surface area contributed by atoms with Crippen molar-refractivity contribution in [3.8, 4) is 0 Å². The third kappa shape index (κ3) is 4.07. The molecule has 3 nitrogen and oxygen atoms in total. The van der Waals surface area contributed by atoms with Crippen molar-refractivity contribution in [3.63, 3.8) is 0 Å². The summed E-state index contributed by atoms with van der Waals surface area (Å²) in [5, 5.41) is 3.35. The van der Waals surface area contributed by atoms with Gasteiger partial charge in [-0.1, -0.05) is 30.4 Å². The van der Waals surface area contributed by atoms with Crippen LogP contribution in [0, 0.1) is 25.7 Å². The lowest BCUT2D eigenvalue weighted by Gasteiger charge is -2.34. The number of rotatable bonds is 3. The minimum atomic E-state index is 0.209. The molecule has 1 aromatic rings. The third-order valence-corrected chi connectivity index (χ3v) is 5.57. The van der Waals surface area contributed by atoms with E-state index in [1.807, 2.05) is 0 Å². The smallest absolute Gasteiger partial charge is 0.226 e. The number of piperidine rings is 2. The monoisotopic (exact) mass is 326 g/mol. The molecule has 1 aromatic carbocycles. The Bertz CT molecular complexity index is 574. The quantitative estimate of drug-likeness (QED) is 0.921. The van der Waals surface area contributed by atoms with E-state index >= 15 is 0 Å². The molecule has 0 aromatic heterocycles. The van der Waals surface area contributed by atoms with Crippen molar-refractivity contribution in [1.29, 1.82) is 0 Å². The van der Waals surface area contributed by atoms with Gasteiger partial charge in [0.2, 0.25) is 5.91 Å². The number of aryl methyl sites for hydroxylation is 2. The first kappa shape index (κ1) is 17.2. The molecule has 3 rings (SSSR count). The number of likely N-dealkylation sites (tertiary alicyclic amines) is 1. The van der Waals surface area contributed by atoms with E-state index in [9.17, 15) is 4.79 Å². The molecule has 1 N–H and O–H groups in total. The van der Waals surface area contributed by atoms with E-state index in [0.29, 0.717) is 11.8 Å². The zero-order valence-electron chi connectivity index (χ0n) is 15.1. The summed E-state index contributed by atoms with van der Waals surface area (Å²) < 4.78 is 0. The molecule has 1 amide bonds. The van der Waals surface area contributed by atoms with Crippen LogP contribution in [0.15, 0.2) is 24.3 Å². The summed E-state index contributed by atoms with van der Waals surface area (Å²) in [6.45, 7) is 8.10. The summed E-state index contributed by atoms with van der Waals surface area (Å²) in [6, 6.07) is 6.46. The molecule has 2 fully saturated rings. The Labute approximate surface area is 146 Å². The topological polar surface area (TPSA) is 32.3 Å². The second-order valence-corrected chi connectivity index (χ2v) is 7.37. The highest BCUT2D eigenvalue weighted by Crippen LogP contribution is 2.24. The molecule has 0 bridgehead atoms. The molecule has 1 atom stereocenters. The van der Waals surface area contributed by atoms with Gasteiger partial charge in [-0.3, -0.25) is 4.79 Å². The van der Waals surface area contributed by atoms with Gasteiger partial charge < -0.3 is 10.2 Å². The van der Waals surface area contributed by atoms with Crippen molar-refractivity contribution in [1.82, 2.24) is 10.2 Å². The number of nitrogens with one attached hydrogen (secondary N) is 1. The molecule has 2 aliphatic heterocycles. The second kappa shape index (κ2) is 7.98. The predicted molar refractivity (Wildman–Crippen MR) is 99.8 cm³/mol. The molecule has 130 valence electrons. The van der Waals surface area contributed by atoms with Gasteiger partial charge in [-0.25, -0.2) is 0 Å². The molecule has 3 heteroatoms. The van der Waals surface area contributed by atoms with Gasteiger partial charge in [0, 0.05) is 19.6 Å². The van der Waals surface area contributed by atoms with E-state index < -0.39 is 0 Å². The minimum Gasteiger partial charge on any atom is -0.342 e. The maximum atomic E-state index is 12.6. The van der Waals surface area contributed by atoms with Gasteiger partial charge in [0.05, 0.1) is 5.92 Å². The lowest BCUT2D eigenvalue weighted by Crippen LogP contribution is -2.45. The SMILES string of the molecule is Cc1cccc(C)c1/C=C/C1CCN(C(=O)C2CCCNC2)CC1. The summed E-state index contributed by atoms with van der Waals surface area (Å²) >= 11 is 0. The molecular weight excluding hydrogens is 296 g/mol. The van der Waals surface area contributed by atoms with E-state index in [2.05, 4.69) is 54.4 Å². The highest BCUT2D eigenvalue weighted by molar-refractivity contribution is 5.79. The van der Waals surface area contributed by atoms with Crippen molar-refractivity contribution < 1.29 is 4.79 Å². The summed E-state index contributed by atoms with van der Waals surface area (Å²) in [5.74, 6) is 1.18. The zero-order valence-corrected chi connectivity index (χ0v) is 15.1. The molecule has 0 spiro atoms. The number of nitrogens with zero attached hydrogens (tertiary/aromatic N) is 1. The number of allylic oxidation sites excluding steroid dienone is 1. The maximum absolute atomic E-state index is 12.6. The van der Waals surface area contributed by atoms with E-state index in [-0.39, 0.29) is 5.92 Å². The Hall–Kier alpha value is -1.61. The summed E-state index contributed by atoms with van der Waals surface area (Å²) in [7, 11) is 0. The van der Waals surface area contributed by atoms with E-state index in [0.717, 1.165) is 51.9 Å². The van der Waals surface area contributed by atoms with Crippen LogP contribution in [-0.4, -0.2) is 37.0 Å². The number of amides is 1. The highest BCUT2D eigenvalue weighted by Gasteiger charge is 2.28. The van der Waals surface area contributed by atoms with Crippen molar-refractivity contribution in [3.05, 3.63) is 41.0 Å².